The number of aromatic hydroxyl groups is 1. The van der Waals surface area contributed by atoms with Gasteiger partial charge < -0.3 is 5.11 Å². The highest BCUT2D eigenvalue weighted by molar-refractivity contribution is 5.96. The molecule has 0 aliphatic rings. The van der Waals surface area contributed by atoms with Crippen LogP contribution in [-0.4, -0.2) is 19.6 Å². The molecule has 2 heterocycles. The van der Waals surface area contributed by atoms with Gasteiger partial charge in [-0.2, -0.15) is 0 Å². The Morgan fingerprint density at radius 3 is 2.12 bits per heavy atom. The molecule has 5 nitrogen and oxygen atoms in total. The lowest BCUT2D eigenvalue weighted by Gasteiger charge is -2.12. The number of pyridine rings is 1. The Kier molecular flexibility index (Phi) is 6.27. The van der Waals surface area contributed by atoms with Gasteiger partial charge in [0.1, 0.15) is 11.6 Å². The van der Waals surface area contributed by atoms with Crippen LogP contribution in [0.4, 0.5) is 5.69 Å². The Hall–Kier alpha value is -5.99. The first-order valence-corrected chi connectivity index (χ1v) is 13.6. The van der Waals surface area contributed by atoms with Gasteiger partial charge in [-0.1, -0.05) is 91.0 Å². The minimum absolute atomic E-state index is 0.0136. The van der Waals surface area contributed by atoms with Crippen LogP contribution >= 0.6 is 0 Å². The Morgan fingerprint density at radius 1 is 0.619 bits per heavy atom. The Labute approximate surface area is 243 Å². The number of para-hydroxylation sites is 1. The summed E-state index contributed by atoms with van der Waals surface area (Å²) in [6, 6.07) is 43.9. The van der Waals surface area contributed by atoms with E-state index in [4.69, 9.17) is 11.6 Å². The van der Waals surface area contributed by atoms with Crippen LogP contribution in [0.5, 0.6) is 5.75 Å². The van der Waals surface area contributed by atoms with Gasteiger partial charge in [0.2, 0.25) is 0 Å². The van der Waals surface area contributed by atoms with Gasteiger partial charge in [-0.3, -0.25) is 9.55 Å². The SMILES string of the molecule is [C-]#[N+]c1ccc(-c2nc3c(-c4cccc(-c5ccccn5)c4)cccc3n2-c2ccc(-c3ccccc3)cc2)c(O)c1. The molecule has 0 saturated heterocycles. The van der Waals surface area contributed by atoms with Crippen LogP contribution in [0.3, 0.4) is 0 Å². The fourth-order valence-electron chi connectivity index (χ4n) is 5.37. The van der Waals surface area contributed by atoms with Crippen molar-refractivity contribution in [2.75, 3.05) is 0 Å². The molecule has 0 radical (unpaired) electrons. The molecule has 0 atom stereocenters. The van der Waals surface area contributed by atoms with Gasteiger partial charge in [0.15, 0.2) is 5.69 Å². The van der Waals surface area contributed by atoms with Crippen molar-refractivity contribution in [3.8, 4) is 56.3 Å². The lowest BCUT2D eigenvalue weighted by Crippen LogP contribution is -1.98. The zero-order chi connectivity index (χ0) is 28.5. The third-order valence-corrected chi connectivity index (χ3v) is 7.40. The fraction of sp³-hybridized carbons (Fsp3) is 0. The zero-order valence-corrected chi connectivity index (χ0v) is 22.5. The number of nitrogens with zero attached hydrogens (tertiary/aromatic N) is 4. The van der Waals surface area contributed by atoms with E-state index in [1.54, 1.807) is 18.3 Å². The maximum atomic E-state index is 11.0. The molecular formula is C37H24N4O. The molecule has 0 bridgehead atoms. The summed E-state index contributed by atoms with van der Waals surface area (Å²) in [5, 5.41) is 11.0. The van der Waals surface area contributed by atoms with Crippen molar-refractivity contribution < 1.29 is 5.11 Å². The summed E-state index contributed by atoms with van der Waals surface area (Å²) in [5.41, 5.74) is 9.74. The summed E-state index contributed by atoms with van der Waals surface area (Å²) < 4.78 is 2.07. The molecule has 0 unspecified atom stereocenters. The summed E-state index contributed by atoms with van der Waals surface area (Å²) in [7, 11) is 0. The molecule has 1 N–H and O–H groups in total. The molecule has 0 fully saturated rings. The van der Waals surface area contributed by atoms with E-state index in [1.807, 2.05) is 54.6 Å². The molecule has 0 aliphatic carbocycles. The second-order valence-corrected chi connectivity index (χ2v) is 9.97. The van der Waals surface area contributed by atoms with Crippen molar-refractivity contribution in [3.63, 3.8) is 0 Å². The second-order valence-electron chi connectivity index (χ2n) is 9.97. The topological polar surface area (TPSA) is 55.3 Å². The number of rotatable bonds is 5. The standard InChI is InChI=1S/C37H24N4O/c1-38-29-18-21-32(35(42)24-29)37-40-36-31(27-11-7-12-28(23-27)33-14-5-6-22-39-33)13-8-15-34(36)41(37)30-19-16-26(17-20-30)25-9-3-2-4-10-25/h2-24,42H. The monoisotopic (exact) mass is 540 g/mol. The summed E-state index contributed by atoms with van der Waals surface area (Å²) in [6.07, 6.45) is 1.80. The van der Waals surface area contributed by atoms with Crippen molar-refractivity contribution >= 4 is 16.7 Å². The van der Waals surface area contributed by atoms with E-state index < -0.39 is 0 Å². The number of hydrogen-bond acceptors (Lipinski definition) is 3. The normalized spacial score (nSPS) is 10.9. The molecule has 5 heteroatoms. The predicted octanol–water partition coefficient (Wildman–Crippen LogP) is 9.34. The van der Waals surface area contributed by atoms with Gasteiger partial charge in [0, 0.05) is 23.0 Å². The number of phenolic OH excluding ortho intramolecular Hbond substituents is 1. The van der Waals surface area contributed by atoms with Crippen molar-refractivity contribution in [3.05, 3.63) is 151 Å². The van der Waals surface area contributed by atoms with Crippen LogP contribution < -0.4 is 0 Å². The van der Waals surface area contributed by atoms with E-state index in [0.29, 0.717) is 17.1 Å². The molecule has 0 saturated carbocycles. The van der Waals surface area contributed by atoms with E-state index in [2.05, 4.69) is 75.1 Å². The summed E-state index contributed by atoms with van der Waals surface area (Å²) in [6.45, 7) is 7.36. The second kappa shape index (κ2) is 10.5. The first-order chi connectivity index (χ1) is 20.7. The van der Waals surface area contributed by atoms with Gasteiger partial charge in [0.25, 0.3) is 0 Å². The van der Waals surface area contributed by atoms with Crippen molar-refractivity contribution in [2.24, 2.45) is 0 Å². The maximum absolute atomic E-state index is 11.0. The highest BCUT2D eigenvalue weighted by Crippen LogP contribution is 2.39. The lowest BCUT2D eigenvalue weighted by molar-refractivity contribution is 0.477. The fourth-order valence-corrected chi connectivity index (χ4v) is 5.37. The maximum Gasteiger partial charge on any atom is 0.190 e. The Morgan fingerprint density at radius 2 is 1.36 bits per heavy atom. The molecule has 0 amide bonds. The molecule has 7 aromatic rings. The minimum atomic E-state index is 0.0136. The van der Waals surface area contributed by atoms with E-state index in [9.17, 15) is 5.11 Å². The number of hydrogen-bond donors (Lipinski definition) is 1. The lowest BCUT2D eigenvalue weighted by atomic mass is 10.0. The first-order valence-electron chi connectivity index (χ1n) is 13.6. The average Bonchev–Trinajstić information content (AvgIpc) is 3.45. The van der Waals surface area contributed by atoms with Gasteiger partial charge in [-0.15, -0.1) is 0 Å². The zero-order valence-electron chi connectivity index (χ0n) is 22.5. The van der Waals surface area contributed by atoms with Crippen LogP contribution in [0, 0.1) is 6.57 Å². The van der Waals surface area contributed by atoms with Gasteiger partial charge >= 0.3 is 0 Å². The predicted molar refractivity (Wildman–Crippen MR) is 169 cm³/mol. The van der Waals surface area contributed by atoms with E-state index in [-0.39, 0.29) is 5.75 Å². The number of benzene rings is 5. The van der Waals surface area contributed by atoms with Gasteiger partial charge in [-0.05, 0) is 59.2 Å². The van der Waals surface area contributed by atoms with Crippen LogP contribution in [0.1, 0.15) is 0 Å². The van der Waals surface area contributed by atoms with Gasteiger partial charge in [-0.25, -0.2) is 9.83 Å². The quantitative estimate of drug-likeness (QED) is 0.221. The average molecular weight is 541 g/mol. The molecule has 42 heavy (non-hydrogen) atoms. The van der Waals surface area contributed by atoms with Crippen molar-refractivity contribution in [1.29, 1.82) is 0 Å². The number of fused-ring (bicyclic) bond motifs is 1. The molecule has 0 aliphatic heterocycles. The smallest absolute Gasteiger partial charge is 0.190 e. The highest BCUT2D eigenvalue weighted by Gasteiger charge is 2.20. The molecule has 198 valence electrons. The Balaban J connectivity index is 1.44. The van der Waals surface area contributed by atoms with Crippen LogP contribution in [-0.2, 0) is 0 Å². The third kappa shape index (κ3) is 4.47. The minimum Gasteiger partial charge on any atom is -0.509 e. The number of aromatic nitrogens is 3. The van der Waals surface area contributed by atoms with Crippen molar-refractivity contribution in [2.45, 2.75) is 0 Å². The third-order valence-electron chi connectivity index (χ3n) is 7.40. The number of phenols is 1. The van der Waals surface area contributed by atoms with E-state index in [1.165, 1.54) is 6.07 Å². The molecular weight excluding hydrogens is 516 g/mol. The van der Waals surface area contributed by atoms with E-state index >= 15 is 0 Å². The molecule has 5 aromatic carbocycles. The summed E-state index contributed by atoms with van der Waals surface area (Å²) in [5.74, 6) is 0.611. The molecule has 2 aromatic heterocycles. The van der Waals surface area contributed by atoms with Gasteiger partial charge in [0.05, 0.1) is 28.9 Å². The van der Waals surface area contributed by atoms with E-state index in [0.717, 1.165) is 50.2 Å². The van der Waals surface area contributed by atoms with Crippen molar-refractivity contribution in [1.82, 2.24) is 14.5 Å². The summed E-state index contributed by atoms with van der Waals surface area (Å²) in [4.78, 5) is 13.1. The largest absolute Gasteiger partial charge is 0.509 e. The number of imidazole rings is 1. The molecule has 0 spiro atoms. The Bertz CT molecular complexity index is 2090. The first kappa shape index (κ1) is 25.0. The highest BCUT2D eigenvalue weighted by atomic mass is 16.3. The summed E-state index contributed by atoms with van der Waals surface area (Å²) >= 11 is 0. The molecule has 7 rings (SSSR count). The van der Waals surface area contributed by atoms with Crippen LogP contribution in [0.2, 0.25) is 0 Å². The van der Waals surface area contributed by atoms with Crippen LogP contribution in [0.15, 0.2) is 140 Å². The van der Waals surface area contributed by atoms with Crippen LogP contribution in [0.25, 0.3) is 66.5 Å².